The fraction of sp³-hybridized carbons (Fsp3) is 0.462. The van der Waals surface area contributed by atoms with E-state index in [0.29, 0.717) is 0 Å². The second-order valence-corrected chi connectivity index (χ2v) is 8.18. The van der Waals surface area contributed by atoms with Gasteiger partial charge in [0.05, 0.1) is 9.85 Å². The van der Waals surface area contributed by atoms with E-state index in [1.807, 2.05) is 0 Å². The third-order valence-corrected chi connectivity index (χ3v) is 3.56. The van der Waals surface area contributed by atoms with Gasteiger partial charge in [0.15, 0.2) is 0 Å². The van der Waals surface area contributed by atoms with Crippen LogP contribution in [0.1, 0.15) is 31.9 Å². The molecule has 0 saturated heterocycles. The van der Waals surface area contributed by atoms with Crippen molar-refractivity contribution in [1.82, 2.24) is 0 Å². The molecule has 0 bridgehead atoms. The number of nitro benzene ring substituents is 2. The number of carbonyl (C=O) groups is 1. The lowest BCUT2D eigenvalue weighted by atomic mass is 9.84. The smallest absolute Gasteiger partial charge is 0.364 e. The Bertz CT molecular complexity index is 722. The van der Waals surface area contributed by atoms with Crippen molar-refractivity contribution in [3.05, 3.63) is 37.4 Å². The number of carbonyl (C=O) groups excluding carboxylic acids is 1. The van der Waals surface area contributed by atoms with E-state index in [2.05, 4.69) is 0 Å². The predicted molar refractivity (Wildman–Crippen MR) is 89.1 cm³/mol. The molecule has 0 spiro atoms. The summed E-state index contributed by atoms with van der Waals surface area (Å²) >= 11 is 16.3. The third kappa shape index (κ3) is 4.25. The standard InChI is InChI=1S/C13H13Cl3N2O6/c1-6-8(17(20)21)5-7(12(2,3)4)10(9(6)18(22)23)24-11(19)13(14,15)16/h5H,1-4H3. The average Bonchev–Trinajstić information content (AvgIpc) is 2.34. The van der Waals surface area contributed by atoms with Gasteiger partial charge in [0.1, 0.15) is 5.56 Å². The first-order valence-electron chi connectivity index (χ1n) is 6.43. The van der Waals surface area contributed by atoms with Gasteiger partial charge in [0, 0.05) is 11.6 Å². The maximum atomic E-state index is 11.8. The van der Waals surface area contributed by atoms with E-state index < -0.39 is 42.1 Å². The number of nitrogens with zero attached hydrogens (tertiary/aromatic N) is 2. The summed E-state index contributed by atoms with van der Waals surface area (Å²) in [6, 6.07) is 1.11. The van der Waals surface area contributed by atoms with Gasteiger partial charge < -0.3 is 4.74 Å². The van der Waals surface area contributed by atoms with E-state index >= 15 is 0 Å². The highest BCUT2D eigenvalue weighted by Gasteiger charge is 2.40. The lowest BCUT2D eigenvalue weighted by molar-refractivity contribution is -0.395. The Labute approximate surface area is 151 Å². The van der Waals surface area contributed by atoms with Crippen molar-refractivity contribution >= 4 is 52.1 Å². The zero-order chi connectivity index (χ0) is 19.0. The molecule has 24 heavy (non-hydrogen) atoms. The molecule has 0 fully saturated rings. The molecule has 0 N–H and O–H groups in total. The normalized spacial score (nSPS) is 12.0. The highest BCUT2D eigenvalue weighted by atomic mass is 35.6. The van der Waals surface area contributed by atoms with E-state index in [1.165, 1.54) is 6.92 Å². The largest absolute Gasteiger partial charge is 0.416 e. The first kappa shape index (κ1) is 20.4. The van der Waals surface area contributed by atoms with Crippen molar-refractivity contribution in [1.29, 1.82) is 0 Å². The zero-order valence-corrected chi connectivity index (χ0v) is 15.3. The van der Waals surface area contributed by atoms with Crippen molar-refractivity contribution in [2.24, 2.45) is 0 Å². The molecule has 1 aromatic carbocycles. The topological polar surface area (TPSA) is 113 Å². The summed E-state index contributed by atoms with van der Waals surface area (Å²) in [5.41, 5.74) is -2.23. The molecule has 0 aromatic heterocycles. The molecule has 0 atom stereocenters. The summed E-state index contributed by atoms with van der Waals surface area (Å²) < 4.78 is 2.49. The number of ether oxygens (including phenoxy) is 1. The summed E-state index contributed by atoms with van der Waals surface area (Å²) in [6.45, 7) is 6.09. The molecule has 132 valence electrons. The van der Waals surface area contributed by atoms with Crippen LogP contribution in [0.25, 0.3) is 0 Å². The van der Waals surface area contributed by atoms with Gasteiger partial charge in [-0.25, -0.2) is 4.79 Å². The van der Waals surface area contributed by atoms with E-state index in [4.69, 9.17) is 39.5 Å². The van der Waals surface area contributed by atoms with Gasteiger partial charge in [0.25, 0.3) is 9.48 Å². The van der Waals surface area contributed by atoms with Crippen LogP contribution in [0.3, 0.4) is 0 Å². The summed E-state index contributed by atoms with van der Waals surface area (Å²) in [5.74, 6) is -1.83. The quantitative estimate of drug-likeness (QED) is 0.245. The Morgan fingerprint density at radius 1 is 1.12 bits per heavy atom. The van der Waals surface area contributed by atoms with Crippen LogP contribution < -0.4 is 4.74 Å². The number of hydrogen-bond acceptors (Lipinski definition) is 6. The number of nitro groups is 2. The first-order chi connectivity index (χ1) is 10.7. The number of halogens is 3. The SMILES string of the molecule is Cc1c([N+](=O)[O-])cc(C(C)(C)C)c(OC(=O)C(Cl)(Cl)Cl)c1[N+](=O)[O-]. The summed E-state index contributed by atoms with van der Waals surface area (Å²) in [7, 11) is 0. The van der Waals surface area contributed by atoms with E-state index in [0.717, 1.165) is 6.07 Å². The lowest BCUT2D eigenvalue weighted by Gasteiger charge is -2.23. The van der Waals surface area contributed by atoms with Crippen molar-refractivity contribution in [2.75, 3.05) is 0 Å². The molecule has 1 aromatic rings. The van der Waals surface area contributed by atoms with E-state index in [1.54, 1.807) is 20.8 Å². The number of hydrogen-bond donors (Lipinski definition) is 0. The second kappa shape index (κ2) is 6.70. The molecule has 0 amide bonds. The predicted octanol–water partition coefficient (Wildman–Crippen LogP) is 4.38. The van der Waals surface area contributed by atoms with Crippen molar-refractivity contribution in [3.63, 3.8) is 0 Å². The molecule has 1 rings (SSSR count). The van der Waals surface area contributed by atoms with Gasteiger partial charge in [-0.15, -0.1) is 0 Å². The Balaban J connectivity index is 3.83. The maximum absolute atomic E-state index is 11.8. The summed E-state index contributed by atoms with van der Waals surface area (Å²) in [4.78, 5) is 32.8. The molecule has 8 nitrogen and oxygen atoms in total. The molecule has 11 heteroatoms. The Morgan fingerprint density at radius 2 is 1.62 bits per heavy atom. The van der Waals surface area contributed by atoms with Crippen LogP contribution in [0.2, 0.25) is 0 Å². The van der Waals surface area contributed by atoms with Gasteiger partial charge in [-0.1, -0.05) is 55.6 Å². The summed E-state index contributed by atoms with van der Waals surface area (Å²) in [6.07, 6.45) is 0. The summed E-state index contributed by atoms with van der Waals surface area (Å²) in [5, 5.41) is 22.6. The number of rotatable bonds is 3. The van der Waals surface area contributed by atoms with Gasteiger partial charge in [0.2, 0.25) is 5.75 Å². The molecular weight excluding hydrogens is 387 g/mol. The Kier molecular flexibility index (Phi) is 5.69. The minimum atomic E-state index is -2.46. The van der Waals surface area contributed by atoms with Gasteiger partial charge in [-0.3, -0.25) is 20.2 Å². The van der Waals surface area contributed by atoms with Crippen molar-refractivity contribution in [2.45, 2.75) is 36.9 Å². The lowest BCUT2D eigenvalue weighted by Crippen LogP contribution is -2.27. The molecule has 0 saturated carbocycles. The van der Waals surface area contributed by atoms with E-state index in [-0.39, 0.29) is 11.1 Å². The van der Waals surface area contributed by atoms with Crippen LogP contribution >= 0.6 is 34.8 Å². The van der Waals surface area contributed by atoms with Gasteiger partial charge >= 0.3 is 11.7 Å². The van der Waals surface area contributed by atoms with Crippen LogP contribution in [0, 0.1) is 27.2 Å². The van der Waals surface area contributed by atoms with Crippen LogP contribution in [0.15, 0.2) is 6.07 Å². The molecule has 0 unspecified atom stereocenters. The van der Waals surface area contributed by atoms with Crippen LogP contribution in [0.5, 0.6) is 5.75 Å². The highest BCUT2D eigenvalue weighted by Crippen LogP contribution is 2.45. The van der Waals surface area contributed by atoms with Crippen molar-refractivity contribution < 1.29 is 19.4 Å². The van der Waals surface area contributed by atoms with Crippen LogP contribution in [-0.2, 0) is 10.2 Å². The molecule has 0 aliphatic rings. The minimum Gasteiger partial charge on any atom is -0.416 e. The van der Waals surface area contributed by atoms with Crippen LogP contribution in [0.4, 0.5) is 11.4 Å². The van der Waals surface area contributed by atoms with Crippen molar-refractivity contribution in [3.8, 4) is 5.75 Å². The second-order valence-electron chi connectivity index (χ2n) is 5.90. The fourth-order valence-electron chi connectivity index (χ4n) is 1.95. The van der Waals surface area contributed by atoms with Gasteiger partial charge in [-0.2, -0.15) is 0 Å². The average molecular weight is 400 g/mol. The van der Waals surface area contributed by atoms with Gasteiger partial charge in [-0.05, 0) is 12.3 Å². The first-order valence-corrected chi connectivity index (χ1v) is 7.57. The number of alkyl halides is 3. The number of esters is 1. The maximum Gasteiger partial charge on any atom is 0.364 e. The molecule has 0 heterocycles. The third-order valence-electron chi connectivity index (χ3n) is 3.09. The zero-order valence-electron chi connectivity index (χ0n) is 13.1. The molecule has 0 aliphatic heterocycles. The molecule has 0 radical (unpaired) electrons. The number of benzene rings is 1. The Morgan fingerprint density at radius 3 is 1.96 bits per heavy atom. The monoisotopic (exact) mass is 398 g/mol. The molecular formula is C13H13Cl3N2O6. The Hall–Kier alpha value is -1.64. The minimum absolute atomic E-state index is 0.0640. The fourth-order valence-corrected chi connectivity index (χ4v) is 2.07. The van der Waals surface area contributed by atoms with Crippen LogP contribution in [-0.4, -0.2) is 19.6 Å². The highest BCUT2D eigenvalue weighted by molar-refractivity contribution is 6.75. The molecule has 0 aliphatic carbocycles. The van der Waals surface area contributed by atoms with E-state index in [9.17, 15) is 25.0 Å².